The van der Waals surface area contributed by atoms with Gasteiger partial charge in [-0.15, -0.1) is 0 Å². The topological polar surface area (TPSA) is 76.8 Å². The molecule has 1 amide bonds. The van der Waals surface area contributed by atoms with E-state index in [4.69, 9.17) is 0 Å². The highest BCUT2D eigenvalue weighted by atomic mass is 16.2. The highest BCUT2D eigenvalue weighted by molar-refractivity contribution is 5.94. The van der Waals surface area contributed by atoms with Crippen LogP contribution in [0.3, 0.4) is 0 Å². The summed E-state index contributed by atoms with van der Waals surface area (Å²) in [5.41, 5.74) is 2.14. The summed E-state index contributed by atoms with van der Waals surface area (Å²) >= 11 is 0. The van der Waals surface area contributed by atoms with Gasteiger partial charge in [-0.25, -0.2) is 9.97 Å². The van der Waals surface area contributed by atoms with E-state index in [0.717, 1.165) is 36.6 Å². The second-order valence-corrected chi connectivity index (χ2v) is 6.09. The van der Waals surface area contributed by atoms with Crippen LogP contribution in [0, 0.1) is 0 Å². The van der Waals surface area contributed by atoms with Crippen LogP contribution in [0.2, 0.25) is 0 Å². The Bertz CT molecular complexity index is 874. The number of carbonyl (C=O) groups is 1. The molecule has 1 aliphatic heterocycles. The smallest absolute Gasteiger partial charge is 0.255 e. The molecule has 4 heterocycles. The van der Waals surface area contributed by atoms with Crippen molar-refractivity contribution in [2.24, 2.45) is 7.05 Å². The summed E-state index contributed by atoms with van der Waals surface area (Å²) in [6.45, 7) is 0.723. The molecule has 7 nitrogen and oxygen atoms in total. The predicted molar refractivity (Wildman–Crippen MR) is 91.5 cm³/mol. The largest absolute Gasteiger partial charge is 0.333 e. The first kappa shape index (κ1) is 15.4. The molecule has 3 aromatic heterocycles. The quantitative estimate of drug-likeness (QED) is 0.734. The lowest BCUT2D eigenvalue weighted by Crippen LogP contribution is -2.31. The number of imidazole rings is 1. The van der Waals surface area contributed by atoms with Crippen LogP contribution in [-0.4, -0.2) is 41.9 Å². The highest BCUT2D eigenvalue weighted by Gasteiger charge is 2.31. The maximum atomic E-state index is 12.8. The minimum Gasteiger partial charge on any atom is -0.333 e. The van der Waals surface area contributed by atoms with Gasteiger partial charge in [0.15, 0.2) is 5.82 Å². The van der Waals surface area contributed by atoms with Gasteiger partial charge < -0.3 is 9.47 Å². The molecular formula is C18H18N6O. The van der Waals surface area contributed by atoms with E-state index in [-0.39, 0.29) is 11.9 Å². The molecule has 1 fully saturated rings. The number of aryl methyl sites for hydroxylation is 1. The van der Waals surface area contributed by atoms with Gasteiger partial charge in [-0.2, -0.15) is 0 Å². The van der Waals surface area contributed by atoms with Crippen molar-refractivity contribution >= 4 is 5.91 Å². The molecule has 3 aromatic rings. The summed E-state index contributed by atoms with van der Waals surface area (Å²) in [5.74, 6) is 0.763. The van der Waals surface area contributed by atoms with E-state index >= 15 is 0 Å². The summed E-state index contributed by atoms with van der Waals surface area (Å²) in [5, 5.41) is 0. The molecule has 1 saturated heterocycles. The van der Waals surface area contributed by atoms with Crippen molar-refractivity contribution in [1.82, 2.24) is 29.4 Å². The molecule has 0 radical (unpaired) electrons. The van der Waals surface area contributed by atoms with Crippen molar-refractivity contribution in [2.75, 3.05) is 6.54 Å². The number of pyridine rings is 1. The lowest BCUT2D eigenvalue weighted by molar-refractivity contribution is 0.0732. The van der Waals surface area contributed by atoms with Crippen molar-refractivity contribution in [3.8, 4) is 11.5 Å². The standard InChI is InChI=1S/C18H18N6O/c1-23-9-7-20-17(23)15-12-21-14(11-22-15)16-5-3-8-24(16)18(25)13-4-2-6-19-10-13/h2,4,6-7,9-12,16H,3,5,8H2,1H3/t16-/m1/s1. The number of carbonyl (C=O) groups excluding carboxylic acids is 1. The number of hydrogen-bond donors (Lipinski definition) is 0. The van der Waals surface area contributed by atoms with E-state index in [1.165, 1.54) is 0 Å². The Morgan fingerprint density at radius 3 is 2.76 bits per heavy atom. The Balaban J connectivity index is 1.58. The van der Waals surface area contributed by atoms with Gasteiger partial charge in [0.25, 0.3) is 5.91 Å². The fourth-order valence-corrected chi connectivity index (χ4v) is 3.21. The summed E-state index contributed by atoms with van der Waals surface area (Å²) < 4.78 is 1.90. The number of nitrogens with zero attached hydrogens (tertiary/aromatic N) is 6. The average Bonchev–Trinajstić information content (AvgIpc) is 3.31. The third kappa shape index (κ3) is 2.88. The SMILES string of the molecule is Cn1ccnc1-c1cnc([C@H]2CCCN2C(=O)c2cccnc2)cn1. The fourth-order valence-electron chi connectivity index (χ4n) is 3.21. The summed E-state index contributed by atoms with van der Waals surface area (Å²) in [6, 6.07) is 3.52. The first-order valence-corrected chi connectivity index (χ1v) is 8.24. The van der Waals surface area contributed by atoms with E-state index in [1.807, 2.05) is 22.7 Å². The number of rotatable bonds is 3. The van der Waals surface area contributed by atoms with Crippen molar-refractivity contribution in [1.29, 1.82) is 0 Å². The van der Waals surface area contributed by atoms with Crippen LogP contribution in [0.25, 0.3) is 11.5 Å². The van der Waals surface area contributed by atoms with E-state index in [9.17, 15) is 4.79 Å². The lowest BCUT2D eigenvalue weighted by atomic mass is 10.1. The molecular weight excluding hydrogens is 316 g/mol. The van der Waals surface area contributed by atoms with Gasteiger partial charge in [0.05, 0.1) is 29.7 Å². The van der Waals surface area contributed by atoms with Gasteiger partial charge in [-0.1, -0.05) is 0 Å². The highest BCUT2D eigenvalue weighted by Crippen LogP contribution is 2.32. The normalized spacial score (nSPS) is 17.0. The van der Waals surface area contributed by atoms with E-state index in [0.29, 0.717) is 5.56 Å². The van der Waals surface area contributed by atoms with E-state index in [2.05, 4.69) is 19.9 Å². The van der Waals surface area contributed by atoms with Gasteiger partial charge in [0.2, 0.25) is 0 Å². The van der Waals surface area contributed by atoms with E-state index < -0.39 is 0 Å². The maximum absolute atomic E-state index is 12.8. The van der Waals surface area contributed by atoms with Crippen LogP contribution in [0.1, 0.15) is 34.9 Å². The Morgan fingerprint density at radius 1 is 1.16 bits per heavy atom. The van der Waals surface area contributed by atoms with Crippen molar-refractivity contribution in [2.45, 2.75) is 18.9 Å². The van der Waals surface area contributed by atoms with Crippen LogP contribution in [0.4, 0.5) is 0 Å². The van der Waals surface area contributed by atoms with Crippen molar-refractivity contribution in [3.05, 3.63) is 60.6 Å². The lowest BCUT2D eigenvalue weighted by Gasteiger charge is -2.24. The maximum Gasteiger partial charge on any atom is 0.255 e. The third-order valence-corrected chi connectivity index (χ3v) is 4.49. The van der Waals surface area contributed by atoms with Crippen molar-refractivity contribution < 1.29 is 4.79 Å². The Hall–Kier alpha value is -3.09. The molecule has 7 heteroatoms. The molecule has 0 spiro atoms. The second-order valence-electron chi connectivity index (χ2n) is 6.09. The van der Waals surface area contributed by atoms with Crippen LogP contribution in [-0.2, 0) is 7.05 Å². The van der Waals surface area contributed by atoms with E-state index in [1.54, 1.807) is 43.1 Å². The average molecular weight is 334 g/mol. The molecule has 0 aromatic carbocycles. The minimum atomic E-state index is -0.0457. The van der Waals surface area contributed by atoms with Gasteiger partial charge in [-0.05, 0) is 25.0 Å². The van der Waals surface area contributed by atoms with Crippen molar-refractivity contribution in [3.63, 3.8) is 0 Å². The molecule has 1 atom stereocenters. The Labute approximate surface area is 145 Å². The zero-order valence-electron chi connectivity index (χ0n) is 13.9. The monoisotopic (exact) mass is 334 g/mol. The van der Waals surface area contributed by atoms with Gasteiger partial charge >= 0.3 is 0 Å². The first-order chi connectivity index (χ1) is 12.2. The number of aromatic nitrogens is 5. The van der Waals surface area contributed by atoms with Crippen LogP contribution >= 0.6 is 0 Å². The second kappa shape index (κ2) is 6.43. The fraction of sp³-hybridized carbons (Fsp3) is 0.278. The number of amides is 1. The third-order valence-electron chi connectivity index (χ3n) is 4.49. The summed E-state index contributed by atoms with van der Waals surface area (Å²) in [7, 11) is 1.92. The summed E-state index contributed by atoms with van der Waals surface area (Å²) in [4.78, 5) is 32.0. The minimum absolute atomic E-state index is 0.00872. The predicted octanol–water partition coefficient (Wildman–Crippen LogP) is 2.25. The number of hydrogen-bond acceptors (Lipinski definition) is 5. The first-order valence-electron chi connectivity index (χ1n) is 8.24. The van der Waals surface area contributed by atoms with Gasteiger partial charge in [0, 0.05) is 38.4 Å². The van der Waals surface area contributed by atoms with Gasteiger partial charge in [-0.3, -0.25) is 14.8 Å². The zero-order valence-corrected chi connectivity index (χ0v) is 13.9. The molecule has 126 valence electrons. The van der Waals surface area contributed by atoms with Crippen LogP contribution in [0.15, 0.2) is 49.3 Å². The molecule has 0 N–H and O–H groups in total. The molecule has 4 rings (SSSR count). The Morgan fingerprint density at radius 2 is 2.08 bits per heavy atom. The molecule has 25 heavy (non-hydrogen) atoms. The Kier molecular flexibility index (Phi) is 3.97. The zero-order chi connectivity index (χ0) is 17.2. The van der Waals surface area contributed by atoms with Crippen LogP contribution < -0.4 is 0 Å². The molecule has 0 aliphatic carbocycles. The molecule has 1 aliphatic rings. The molecule has 0 unspecified atom stereocenters. The van der Waals surface area contributed by atoms with Gasteiger partial charge in [0.1, 0.15) is 5.69 Å². The summed E-state index contributed by atoms with van der Waals surface area (Å²) in [6.07, 6.45) is 12.2. The number of likely N-dealkylation sites (tertiary alicyclic amines) is 1. The molecule has 0 bridgehead atoms. The van der Waals surface area contributed by atoms with Crippen LogP contribution in [0.5, 0.6) is 0 Å². The molecule has 0 saturated carbocycles.